The molecule has 0 bridgehead atoms. The summed E-state index contributed by atoms with van der Waals surface area (Å²) in [7, 11) is 0. The Hall–Kier alpha value is -2.93. The van der Waals surface area contributed by atoms with Crippen LogP contribution in [0.5, 0.6) is 0 Å². The highest BCUT2D eigenvalue weighted by molar-refractivity contribution is 6.33. The number of aromatic nitrogens is 3. The van der Waals surface area contributed by atoms with Gasteiger partial charge in [0.25, 0.3) is 5.56 Å². The number of carbonyl (C=O) groups excluding carboxylic acids is 1. The van der Waals surface area contributed by atoms with Gasteiger partial charge in [-0.25, -0.2) is 9.67 Å². The maximum Gasteiger partial charge on any atom is 0.417 e. The van der Waals surface area contributed by atoms with Crippen molar-refractivity contribution < 1.29 is 18.0 Å². The Morgan fingerprint density at radius 2 is 2.04 bits per heavy atom. The fourth-order valence-electron chi connectivity index (χ4n) is 2.53. The van der Waals surface area contributed by atoms with E-state index in [1.54, 1.807) is 13.8 Å². The van der Waals surface area contributed by atoms with Crippen molar-refractivity contribution in [2.75, 3.05) is 5.32 Å². The molecule has 1 N–H and O–H groups in total. The Morgan fingerprint density at radius 1 is 1.36 bits per heavy atom. The molecule has 0 saturated carbocycles. The van der Waals surface area contributed by atoms with Crippen LogP contribution in [-0.2, 0) is 30.4 Å². The first-order valence-electron chi connectivity index (χ1n) is 8.17. The fourth-order valence-corrected chi connectivity index (χ4v) is 2.75. The Morgan fingerprint density at radius 3 is 2.54 bits per heavy atom. The lowest BCUT2D eigenvalue weighted by Crippen LogP contribution is -2.33. The van der Waals surface area contributed by atoms with Gasteiger partial charge in [0.2, 0.25) is 5.91 Å². The molecule has 0 unspecified atom stereocenters. The second-order valence-corrected chi connectivity index (χ2v) is 6.09. The zero-order chi connectivity index (χ0) is 21.1. The summed E-state index contributed by atoms with van der Waals surface area (Å²) in [6, 6.07) is 2.47. The highest BCUT2D eigenvalue weighted by atomic mass is 35.5. The van der Waals surface area contributed by atoms with Crippen molar-refractivity contribution in [2.45, 2.75) is 39.4 Å². The van der Waals surface area contributed by atoms with Crippen molar-refractivity contribution in [2.24, 2.45) is 0 Å². The van der Waals surface area contributed by atoms with E-state index in [4.69, 9.17) is 11.6 Å². The van der Waals surface area contributed by atoms with Crippen LogP contribution in [0.1, 0.15) is 36.2 Å². The van der Waals surface area contributed by atoms with Crippen LogP contribution in [0.25, 0.3) is 0 Å². The van der Waals surface area contributed by atoms with Crippen molar-refractivity contribution >= 4 is 23.3 Å². The Labute approximate surface area is 162 Å². The van der Waals surface area contributed by atoms with Gasteiger partial charge in [-0.05, 0) is 24.5 Å². The third-order valence-corrected chi connectivity index (χ3v) is 4.15. The summed E-state index contributed by atoms with van der Waals surface area (Å²) in [4.78, 5) is 28.1. The summed E-state index contributed by atoms with van der Waals surface area (Å²) in [5.74, 6) is -1.06. The molecular formula is C17H15ClF3N5O2. The smallest absolute Gasteiger partial charge is 0.308 e. The number of rotatable bonds is 5. The van der Waals surface area contributed by atoms with Crippen LogP contribution in [0.4, 0.5) is 19.0 Å². The van der Waals surface area contributed by atoms with Gasteiger partial charge in [0.15, 0.2) is 5.82 Å². The highest BCUT2D eigenvalue weighted by Gasteiger charge is 2.31. The fraction of sp³-hybridized carbons (Fsp3) is 0.353. The summed E-state index contributed by atoms with van der Waals surface area (Å²) >= 11 is 5.74. The SMILES string of the molecule is CCc1nn(CC(=O)Nc2ncc(C(F)(F)F)cc2Cl)c(=O)c(C#N)c1CC. The minimum absolute atomic E-state index is 0.0900. The number of nitrogens with one attached hydrogen (secondary N) is 1. The molecule has 2 rings (SSSR count). The first-order chi connectivity index (χ1) is 13.1. The van der Waals surface area contributed by atoms with E-state index in [-0.39, 0.29) is 11.4 Å². The number of nitrogens with zero attached hydrogens (tertiary/aromatic N) is 4. The van der Waals surface area contributed by atoms with Gasteiger partial charge < -0.3 is 5.32 Å². The van der Waals surface area contributed by atoms with Gasteiger partial charge in [-0.2, -0.15) is 23.5 Å². The van der Waals surface area contributed by atoms with Crippen LogP contribution in [-0.4, -0.2) is 20.7 Å². The molecule has 0 aromatic carbocycles. The maximum absolute atomic E-state index is 12.6. The lowest BCUT2D eigenvalue weighted by molar-refractivity contribution is -0.137. The molecule has 0 fully saturated rings. The van der Waals surface area contributed by atoms with Gasteiger partial charge >= 0.3 is 6.18 Å². The zero-order valence-electron chi connectivity index (χ0n) is 14.9. The number of hydrogen-bond acceptors (Lipinski definition) is 5. The average Bonchev–Trinajstić information content (AvgIpc) is 2.63. The number of halogens is 4. The van der Waals surface area contributed by atoms with Crippen molar-refractivity contribution in [3.63, 3.8) is 0 Å². The van der Waals surface area contributed by atoms with Crippen LogP contribution in [0, 0.1) is 11.3 Å². The molecular weight excluding hydrogens is 399 g/mol. The topological polar surface area (TPSA) is 101 Å². The van der Waals surface area contributed by atoms with Gasteiger partial charge in [0.1, 0.15) is 18.2 Å². The molecule has 0 saturated heterocycles. The molecule has 0 spiro atoms. The van der Waals surface area contributed by atoms with E-state index in [0.717, 1.165) is 4.68 Å². The number of amides is 1. The normalized spacial score (nSPS) is 11.2. The highest BCUT2D eigenvalue weighted by Crippen LogP contribution is 2.32. The van der Waals surface area contributed by atoms with E-state index in [2.05, 4.69) is 15.4 Å². The van der Waals surface area contributed by atoms with Crippen molar-refractivity contribution in [3.8, 4) is 6.07 Å². The molecule has 0 aliphatic carbocycles. The van der Waals surface area contributed by atoms with E-state index < -0.39 is 34.8 Å². The van der Waals surface area contributed by atoms with Gasteiger partial charge in [0, 0.05) is 6.20 Å². The third-order valence-electron chi connectivity index (χ3n) is 3.86. The van der Waals surface area contributed by atoms with E-state index in [0.29, 0.717) is 36.4 Å². The van der Waals surface area contributed by atoms with Crippen molar-refractivity contribution in [3.05, 3.63) is 50.0 Å². The van der Waals surface area contributed by atoms with E-state index in [1.165, 1.54) is 0 Å². The Bertz CT molecular complexity index is 1010. The lowest BCUT2D eigenvalue weighted by Gasteiger charge is -2.13. The minimum Gasteiger partial charge on any atom is -0.308 e. The molecule has 2 heterocycles. The summed E-state index contributed by atoms with van der Waals surface area (Å²) in [5, 5.41) is 15.2. The number of nitriles is 1. The van der Waals surface area contributed by atoms with E-state index >= 15 is 0 Å². The molecule has 1 amide bonds. The predicted molar refractivity (Wildman–Crippen MR) is 94.8 cm³/mol. The van der Waals surface area contributed by atoms with Crippen LogP contribution in [0.3, 0.4) is 0 Å². The molecule has 2 aromatic rings. The number of hydrogen-bond donors (Lipinski definition) is 1. The second-order valence-electron chi connectivity index (χ2n) is 5.68. The van der Waals surface area contributed by atoms with Gasteiger partial charge in [-0.15, -0.1) is 0 Å². The molecule has 0 aliphatic heterocycles. The molecule has 11 heteroatoms. The number of alkyl halides is 3. The molecule has 2 aromatic heterocycles. The largest absolute Gasteiger partial charge is 0.417 e. The quantitative estimate of drug-likeness (QED) is 0.812. The summed E-state index contributed by atoms with van der Waals surface area (Å²) in [6.07, 6.45) is -3.20. The molecule has 0 atom stereocenters. The van der Waals surface area contributed by atoms with Crippen LogP contribution >= 0.6 is 11.6 Å². The number of anilines is 1. The monoisotopic (exact) mass is 413 g/mol. The zero-order valence-corrected chi connectivity index (χ0v) is 15.6. The van der Waals surface area contributed by atoms with Gasteiger partial charge in [-0.1, -0.05) is 25.4 Å². The summed E-state index contributed by atoms with van der Waals surface area (Å²) in [6.45, 7) is 3.03. The lowest BCUT2D eigenvalue weighted by atomic mass is 10.0. The van der Waals surface area contributed by atoms with Crippen LogP contribution in [0.15, 0.2) is 17.1 Å². The third kappa shape index (κ3) is 4.48. The Kier molecular flexibility index (Phi) is 6.41. The average molecular weight is 414 g/mol. The molecule has 0 aliphatic rings. The predicted octanol–water partition coefficient (Wildman–Crippen LogP) is 2.95. The van der Waals surface area contributed by atoms with Crippen molar-refractivity contribution in [1.82, 2.24) is 14.8 Å². The number of aryl methyl sites for hydroxylation is 1. The number of pyridine rings is 1. The minimum atomic E-state index is -4.62. The standard InChI is InChI=1S/C17H15ClF3N5O2/c1-3-10-11(6-22)16(28)26(25-13(10)4-2)8-14(27)24-15-12(18)5-9(7-23-15)17(19,20)21/h5,7H,3-4,8H2,1-2H3,(H,23,24,27). The summed E-state index contributed by atoms with van der Waals surface area (Å²) < 4.78 is 38.8. The maximum atomic E-state index is 12.6. The van der Waals surface area contributed by atoms with E-state index in [1.807, 2.05) is 6.07 Å². The molecule has 7 nitrogen and oxygen atoms in total. The Balaban J connectivity index is 2.29. The van der Waals surface area contributed by atoms with Crippen LogP contribution in [0.2, 0.25) is 5.02 Å². The van der Waals surface area contributed by atoms with Crippen LogP contribution < -0.4 is 10.9 Å². The van der Waals surface area contributed by atoms with E-state index in [9.17, 15) is 28.0 Å². The molecule has 0 radical (unpaired) electrons. The first kappa shape index (κ1) is 21.4. The van der Waals surface area contributed by atoms with Gasteiger partial charge in [0.05, 0.1) is 16.3 Å². The van der Waals surface area contributed by atoms with Gasteiger partial charge in [-0.3, -0.25) is 9.59 Å². The number of carbonyl (C=O) groups is 1. The molecule has 28 heavy (non-hydrogen) atoms. The second kappa shape index (κ2) is 8.39. The summed E-state index contributed by atoms with van der Waals surface area (Å²) in [5.41, 5.74) is -0.836. The van der Waals surface area contributed by atoms with Crippen molar-refractivity contribution in [1.29, 1.82) is 5.26 Å². The molecule has 148 valence electrons. The first-order valence-corrected chi connectivity index (χ1v) is 8.55.